The smallest absolute Gasteiger partial charge is 0.309 e. The van der Waals surface area contributed by atoms with Crippen molar-refractivity contribution in [1.82, 2.24) is 0 Å². The van der Waals surface area contributed by atoms with E-state index in [0.717, 1.165) is 12.3 Å². The van der Waals surface area contributed by atoms with Crippen molar-refractivity contribution in [3.05, 3.63) is 29.3 Å². The number of rotatable bonds is 4. The molecule has 0 saturated heterocycles. The molecular formula is C12H14F2O4S. The molecular weight excluding hydrogens is 278 g/mol. The molecule has 106 valence electrons. The summed E-state index contributed by atoms with van der Waals surface area (Å²) < 4.78 is 50.0. The van der Waals surface area contributed by atoms with Crippen LogP contribution in [-0.2, 0) is 21.1 Å². The van der Waals surface area contributed by atoms with Gasteiger partial charge >= 0.3 is 5.97 Å². The number of sulfone groups is 1. The van der Waals surface area contributed by atoms with Gasteiger partial charge in [-0.2, -0.15) is 0 Å². The van der Waals surface area contributed by atoms with E-state index in [1.807, 2.05) is 0 Å². The van der Waals surface area contributed by atoms with Crippen LogP contribution < -0.4 is 0 Å². The Kier molecular flexibility index (Phi) is 4.00. The second kappa shape index (κ2) is 4.88. The number of hydrogen-bond acceptors (Lipinski definition) is 3. The predicted octanol–water partition coefficient (Wildman–Crippen LogP) is 2.02. The first-order valence-electron chi connectivity index (χ1n) is 5.36. The van der Waals surface area contributed by atoms with Gasteiger partial charge in [-0.05, 0) is 38.0 Å². The van der Waals surface area contributed by atoms with Gasteiger partial charge in [0.1, 0.15) is 16.5 Å². The first-order valence-corrected chi connectivity index (χ1v) is 7.25. The van der Waals surface area contributed by atoms with Crippen molar-refractivity contribution < 1.29 is 27.1 Å². The van der Waals surface area contributed by atoms with Crippen molar-refractivity contribution >= 4 is 15.8 Å². The fourth-order valence-corrected chi connectivity index (χ4v) is 2.35. The zero-order valence-electron chi connectivity index (χ0n) is 10.7. The Bertz CT molecular complexity index is 621. The average Bonchev–Trinajstić information content (AvgIpc) is 2.20. The summed E-state index contributed by atoms with van der Waals surface area (Å²) in [5, 5.41) is 8.96. The Hall–Kier alpha value is -1.50. The molecule has 1 aromatic rings. The van der Waals surface area contributed by atoms with Crippen molar-refractivity contribution in [3.63, 3.8) is 0 Å². The van der Waals surface area contributed by atoms with Crippen molar-refractivity contribution in [2.45, 2.75) is 25.2 Å². The number of carbonyl (C=O) groups is 1. The molecule has 0 amide bonds. The third kappa shape index (κ3) is 3.50. The summed E-state index contributed by atoms with van der Waals surface area (Å²) in [7, 11) is -3.92. The predicted molar refractivity (Wildman–Crippen MR) is 64.6 cm³/mol. The highest BCUT2D eigenvalue weighted by Gasteiger charge is 2.30. The molecule has 0 radical (unpaired) electrons. The summed E-state index contributed by atoms with van der Waals surface area (Å²) in [5.41, 5.74) is -1.60. The molecule has 0 aliphatic rings. The molecule has 0 spiro atoms. The lowest BCUT2D eigenvalue weighted by molar-refractivity contribution is -0.146. The summed E-state index contributed by atoms with van der Waals surface area (Å²) >= 11 is 0. The molecule has 1 N–H and O–H groups in total. The van der Waals surface area contributed by atoms with Crippen LogP contribution in [0.5, 0.6) is 0 Å². The second-order valence-electron chi connectivity index (χ2n) is 5.02. The van der Waals surface area contributed by atoms with E-state index in [0.29, 0.717) is 6.07 Å². The van der Waals surface area contributed by atoms with Gasteiger partial charge in [0.15, 0.2) is 9.84 Å². The minimum absolute atomic E-state index is 0.271. The van der Waals surface area contributed by atoms with Crippen LogP contribution >= 0.6 is 0 Å². The maximum absolute atomic E-state index is 14.0. The van der Waals surface area contributed by atoms with E-state index in [1.165, 1.54) is 13.8 Å². The quantitative estimate of drug-likeness (QED) is 0.921. The van der Waals surface area contributed by atoms with E-state index < -0.39 is 37.8 Å². The number of carboxylic acids is 1. The molecule has 19 heavy (non-hydrogen) atoms. The van der Waals surface area contributed by atoms with E-state index >= 15 is 0 Å². The van der Waals surface area contributed by atoms with E-state index in [-0.39, 0.29) is 12.0 Å². The lowest BCUT2D eigenvalue weighted by Gasteiger charge is -2.20. The number of benzene rings is 1. The van der Waals surface area contributed by atoms with E-state index in [1.54, 1.807) is 0 Å². The standard InChI is InChI=1S/C12H14F2O4S/c1-12(2,11(15)16)6-7-4-8(13)5-9(10(7)14)19(3,17)18/h4-5H,6H2,1-3H3,(H,15,16). The molecule has 7 heteroatoms. The van der Waals surface area contributed by atoms with E-state index in [2.05, 4.69) is 0 Å². The van der Waals surface area contributed by atoms with Gasteiger partial charge in [0.05, 0.1) is 5.41 Å². The van der Waals surface area contributed by atoms with E-state index in [4.69, 9.17) is 5.11 Å². The molecule has 1 aromatic carbocycles. The Morgan fingerprint density at radius 2 is 1.84 bits per heavy atom. The largest absolute Gasteiger partial charge is 0.481 e. The van der Waals surface area contributed by atoms with Crippen LogP contribution in [0.3, 0.4) is 0 Å². The summed E-state index contributed by atoms with van der Waals surface area (Å²) in [6.45, 7) is 2.69. The number of aliphatic carboxylic acids is 1. The zero-order chi connectivity index (χ0) is 15.0. The Morgan fingerprint density at radius 3 is 2.26 bits per heavy atom. The van der Waals surface area contributed by atoms with Crippen LogP contribution in [0.25, 0.3) is 0 Å². The fourth-order valence-electron chi connectivity index (χ4n) is 1.57. The molecule has 0 aliphatic heterocycles. The van der Waals surface area contributed by atoms with Gasteiger partial charge in [-0.15, -0.1) is 0 Å². The number of halogens is 2. The van der Waals surface area contributed by atoms with Gasteiger partial charge in [0.2, 0.25) is 0 Å². The normalized spacial score (nSPS) is 12.5. The first-order chi connectivity index (χ1) is 8.45. The van der Waals surface area contributed by atoms with Crippen molar-refractivity contribution in [1.29, 1.82) is 0 Å². The molecule has 0 unspecified atom stereocenters. The zero-order valence-corrected chi connectivity index (χ0v) is 11.5. The Labute approximate surface area is 110 Å². The lowest BCUT2D eigenvalue weighted by Crippen LogP contribution is -2.27. The average molecular weight is 292 g/mol. The highest BCUT2D eigenvalue weighted by atomic mass is 32.2. The minimum atomic E-state index is -3.92. The van der Waals surface area contributed by atoms with Gasteiger partial charge in [-0.25, -0.2) is 17.2 Å². The van der Waals surface area contributed by atoms with Crippen molar-refractivity contribution in [3.8, 4) is 0 Å². The molecule has 4 nitrogen and oxygen atoms in total. The summed E-state index contributed by atoms with van der Waals surface area (Å²) in [6, 6.07) is 1.40. The van der Waals surface area contributed by atoms with Gasteiger partial charge < -0.3 is 5.11 Å². The highest BCUT2D eigenvalue weighted by molar-refractivity contribution is 7.90. The third-order valence-electron chi connectivity index (χ3n) is 2.69. The maximum Gasteiger partial charge on any atom is 0.309 e. The summed E-state index contributed by atoms with van der Waals surface area (Å²) in [6.07, 6.45) is 0.450. The van der Waals surface area contributed by atoms with Gasteiger partial charge in [0.25, 0.3) is 0 Å². The van der Waals surface area contributed by atoms with Gasteiger partial charge in [-0.3, -0.25) is 4.79 Å². The van der Waals surface area contributed by atoms with Crippen LogP contribution in [0, 0.1) is 17.0 Å². The number of carboxylic acid groups (broad SMARTS) is 1. The first kappa shape index (κ1) is 15.6. The third-order valence-corrected chi connectivity index (χ3v) is 3.79. The monoisotopic (exact) mass is 292 g/mol. The minimum Gasteiger partial charge on any atom is -0.481 e. The van der Waals surface area contributed by atoms with Crippen molar-refractivity contribution in [2.24, 2.45) is 5.41 Å². The Balaban J connectivity index is 3.39. The summed E-state index contributed by atoms with van der Waals surface area (Å²) in [5.74, 6) is -3.20. The van der Waals surface area contributed by atoms with Crippen LogP contribution in [0.15, 0.2) is 17.0 Å². The lowest BCUT2D eigenvalue weighted by atomic mass is 9.86. The summed E-state index contributed by atoms with van der Waals surface area (Å²) in [4.78, 5) is 10.2. The molecule has 0 atom stereocenters. The maximum atomic E-state index is 14.0. The molecule has 0 heterocycles. The van der Waals surface area contributed by atoms with Crippen LogP contribution in [0.1, 0.15) is 19.4 Å². The Morgan fingerprint density at radius 1 is 1.32 bits per heavy atom. The van der Waals surface area contributed by atoms with Crippen LogP contribution in [0.2, 0.25) is 0 Å². The molecule has 1 rings (SSSR count). The van der Waals surface area contributed by atoms with Crippen LogP contribution in [0.4, 0.5) is 8.78 Å². The molecule has 0 aromatic heterocycles. The van der Waals surface area contributed by atoms with Gasteiger partial charge in [0, 0.05) is 6.26 Å². The molecule has 0 aliphatic carbocycles. The topological polar surface area (TPSA) is 71.4 Å². The second-order valence-corrected chi connectivity index (χ2v) is 7.00. The fraction of sp³-hybridized carbons (Fsp3) is 0.417. The highest BCUT2D eigenvalue weighted by Crippen LogP contribution is 2.27. The van der Waals surface area contributed by atoms with E-state index in [9.17, 15) is 22.0 Å². The number of hydrogen-bond donors (Lipinski definition) is 1. The molecule has 0 saturated carbocycles. The van der Waals surface area contributed by atoms with Gasteiger partial charge in [-0.1, -0.05) is 0 Å². The van der Waals surface area contributed by atoms with Crippen molar-refractivity contribution in [2.75, 3.05) is 6.26 Å². The molecule has 0 bridgehead atoms. The van der Waals surface area contributed by atoms with Crippen LogP contribution in [-0.4, -0.2) is 25.7 Å². The SMILES string of the molecule is CC(C)(Cc1cc(F)cc(S(C)(=O)=O)c1F)C(=O)O. The molecule has 0 fully saturated rings.